The third-order valence-corrected chi connectivity index (χ3v) is 9.48. The van der Waals surface area contributed by atoms with Gasteiger partial charge in [-0.15, -0.1) is 26.1 Å². The molecule has 0 bridgehead atoms. The lowest BCUT2D eigenvalue weighted by molar-refractivity contribution is 0.340. The molecule has 59 heavy (non-hydrogen) atoms. The summed E-state index contributed by atoms with van der Waals surface area (Å²) >= 11 is 0. The fourth-order valence-electron chi connectivity index (χ4n) is 6.12. The van der Waals surface area contributed by atoms with Gasteiger partial charge in [0.15, 0.2) is 69.8 Å². The van der Waals surface area contributed by atoms with Crippen LogP contribution >= 0.6 is 0 Å². The van der Waals surface area contributed by atoms with Crippen molar-refractivity contribution in [3.8, 4) is 5.75 Å². The Hall–Kier alpha value is -5.29. The molecule has 0 spiro atoms. The molecule has 5 rings (SSSR count). The predicted molar refractivity (Wildman–Crippen MR) is 170 cm³/mol. The number of halogens is 20. The lowest BCUT2D eigenvalue weighted by Crippen LogP contribution is -2.81. The van der Waals surface area contributed by atoms with Gasteiger partial charge in [-0.05, 0) is 19.1 Å². The largest absolute Gasteiger partial charge is 0.494 e. The Morgan fingerprint density at radius 3 is 0.780 bits per heavy atom. The van der Waals surface area contributed by atoms with Crippen LogP contribution in [0.5, 0.6) is 5.75 Å². The predicted octanol–water partition coefficient (Wildman–Crippen LogP) is 8.19. The van der Waals surface area contributed by atoms with Crippen molar-refractivity contribution in [3.63, 3.8) is 0 Å². The molecule has 0 aromatic heterocycles. The zero-order valence-electron chi connectivity index (χ0n) is 29.1. The van der Waals surface area contributed by atoms with E-state index < -0.39 is 154 Å². The van der Waals surface area contributed by atoms with Crippen molar-refractivity contribution in [2.45, 2.75) is 12.7 Å². The van der Waals surface area contributed by atoms with Crippen molar-refractivity contribution in [1.29, 1.82) is 0 Å². The molecule has 0 atom stereocenters. The van der Waals surface area contributed by atoms with Crippen LogP contribution in [0.25, 0.3) is 0 Å². The van der Waals surface area contributed by atoms with E-state index in [2.05, 4.69) is 0 Å². The number of hydrogen-bond donors (Lipinski definition) is 0. The summed E-state index contributed by atoms with van der Waals surface area (Å²) in [6.07, 6.45) is -3.65. The van der Waals surface area contributed by atoms with Crippen LogP contribution in [0.4, 0.5) is 87.8 Å². The van der Waals surface area contributed by atoms with Gasteiger partial charge in [-0.2, -0.15) is 0 Å². The van der Waals surface area contributed by atoms with Crippen molar-refractivity contribution in [2.75, 3.05) is 19.1 Å². The molecule has 0 saturated heterocycles. The molecule has 0 saturated carbocycles. The molecular formula is C35H17BF20O2S. The van der Waals surface area contributed by atoms with Crippen LogP contribution in [0.15, 0.2) is 24.3 Å². The molecule has 0 aliphatic rings. The number of benzene rings is 5. The first-order valence-electron chi connectivity index (χ1n) is 15.6. The second kappa shape index (κ2) is 16.8. The van der Waals surface area contributed by atoms with E-state index in [1.165, 1.54) is 0 Å². The molecule has 0 aliphatic carbocycles. The van der Waals surface area contributed by atoms with Gasteiger partial charge < -0.3 is 4.74 Å². The first-order valence-corrected chi connectivity index (χ1v) is 18.1. The van der Waals surface area contributed by atoms with Crippen LogP contribution in [-0.2, 0) is 19.9 Å². The molecule has 24 heteroatoms. The molecule has 0 fully saturated rings. The molecule has 0 amide bonds. The van der Waals surface area contributed by atoms with E-state index in [1.54, 1.807) is 12.5 Å². The Bertz CT molecular complexity index is 2160. The Labute approximate surface area is 318 Å². The topological polar surface area (TPSA) is 26.3 Å². The highest BCUT2D eigenvalue weighted by atomic mass is 32.2. The lowest BCUT2D eigenvalue weighted by Gasteiger charge is -2.44. The van der Waals surface area contributed by atoms with E-state index in [1.807, 2.05) is 31.2 Å². The van der Waals surface area contributed by atoms with E-state index in [0.29, 0.717) is 12.4 Å². The van der Waals surface area contributed by atoms with Crippen molar-refractivity contribution in [2.24, 2.45) is 0 Å². The molecule has 2 nitrogen and oxygen atoms in total. The normalized spacial score (nSPS) is 11.8. The number of ether oxygens (including phenoxy) is 1. The molecule has 0 N–H and O–H groups in total. The van der Waals surface area contributed by atoms with E-state index in [-0.39, 0.29) is 0 Å². The summed E-state index contributed by atoms with van der Waals surface area (Å²) in [5.74, 6) is -69.9. The molecule has 0 unspecified atom stereocenters. The first-order chi connectivity index (χ1) is 27.2. The minimum atomic E-state index is -7.22. The van der Waals surface area contributed by atoms with Gasteiger partial charge in [-0.1, -0.05) is 12.1 Å². The second-order valence-electron chi connectivity index (χ2n) is 12.5. The molecule has 5 aromatic rings. The van der Waals surface area contributed by atoms with Crippen LogP contribution in [0.1, 0.15) is 12.5 Å². The monoisotopic (exact) mass is 892 g/mol. The van der Waals surface area contributed by atoms with Gasteiger partial charge in [-0.3, -0.25) is 0 Å². The van der Waals surface area contributed by atoms with Crippen LogP contribution in [0.2, 0.25) is 0 Å². The third kappa shape index (κ3) is 7.70. The summed E-state index contributed by atoms with van der Waals surface area (Å²) in [7, 11) is -1.69. The summed E-state index contributed by atoms with van der Waals surface area (Å²) in [6, 6.07) is 7.78. The first kappa shape index (κ1) is 46.4. The Kier molecular flexibility index (Phi) is 13.2. The second-order valence-corrected chi connectivity index (χ2v) is 15.6. The zero-order chi connectivity index (χ0) is 45.0. The van der Waals surface area contributed by atoms with E-state index in [4.69, 9.17) is 4.74 Å². The van der Waals surface area contributed by atoms with Crippen molar-refractivity contribution in [3.05, 3.63) is 146 Å². The van der Waals surface area contributed by atoms with E-state index >= 15 is 35.1 Å². The van der Waals surface area contributed by atoms with Gasteiger partial charge in [0.05, 0.1) is 16.5 Å². The standard InChI is InChI=1S/C24BF20.C11H17O2S/c26-5-1(6(27)14(35)21(42)13(5)34)25(2-7(28)15(36)22(43)16(37)8(2)29,3-9(30)17(38)23(44)18(39)10(3)31)4-11(32)19(40)24(45)20(41)12(4)33;1-4-13-11-7-5-10(6-8-11)9-14(2,3)12/h;5-8H,4,9H2,1-3H3/q-1;+1. The molecule has 0 aliphatic heterocycles. The molecule has 318 valence electrons. The molecular weight excluding hydrogens is 875 g/mol. The minimum absolute atomic E-state index is 0.638. The minimum Gasteiger partial charge on any atom is -0.494 e. The average molecular weight is 892 g/mol. The van der Waals surface area contributed by atoms with Crippen molar-refractivity contribution >= 4 is 37.9 Å². The Morgan fingerprint density at radius 1 is 0.390 bits per heavy atom. The number of rotatable bonds is 8. The fraction of sp³-hybridized carbons (Fsp3) is 0.143. The summed E-state index contributed by atoms with van der Waals surface area (Å²) in [6.45, 7) is 2.64. The van der Waals surface area contributed by atoms with Crippen LogP contribution < -0.4 is 26.6 Å². The van der Waals surface area contributed by atoms with Crippen molar-refractivity contribution < 1.29 is 96.8 Å². The summed E-state index contributed by atoms with van der Waals surface area (Å²) in [5, 5.41) is 0. The van der Waals surface area contributed by atoms with E-state index in [9.17, 15) is 56.9 Å². The van der Waals surface area contributed by atoms with Crippen LogP contribution in [0.3, 0.4) is 0 Å². The highest BCUT2D eigenvalue weighted by molar-refractivity contribution is 8.00. The van der Waals surface area contributed by atoms with Gasteiger partial charge in [0.25, 0.3) is 0 Å². The van der Waals surface area contributed by atoms with Gasteiger partial charge in [-0.25, -0.2) is 87.8 Å². The highest BCUT2D eigenvalue weighted by Gasteiger charge is 2.52. The highest BCUT2D eigenvalue weighted by Crippen LogP contribution is 2.31. The van der Waals surface area contributed by atoms with Gasteiger partial charge in [0.1, 0.15) is 76.7 Å². The maximum atomic E-state index is 15.4. The van der Waals surface area contributed by atoms with Crippen LogP contribution in [0, 0.1) is 116 Å². The fourth-order valence-corrected chi connectivity index (χ4v) is 7.12. The van der Waals surface area contributed by atoms with Gasteiger partial charge >= 0.3 is 0 Å². The lowest BCUT2D eigenvalue weighted by atomic mass is 9.12. The summed E-state index contributed by atoms with van der Waals surface area (Å²) in [5.41, 5.74) is -13.2. The summed E-state index contributed by atoms with van der Waals surface area (Å²) in [4.78, 5) is 0. The Balaban J connectivity index is 0.000000464. The number of hydrogen-bond acceptors (Lipinski definition) is 2. The Morgan fingerprint density at radius 2 is 0.593 bits per heavy atom. The third-order valence-electron chi connectivity index (χ3n) is 8.46. The van der Waals surface area contributed by atoms with Gasteiger partial charge in [0.2, 0.25) is 0 Å². The quantitative estimate of drug-likeness (QED) is 0.0517. The molecule has 0 radical (unpaired) electrons. The van der Waals surface area contributed by atoms with E-state index in [0.717, 1.165) is 11.3 Å². The maximum Gasteiger partial charge on any atom is 0.200 e. The molecule has 5 aromatic carbocycles. The molecule has 0 heterocycles. The smallest absolute Gasteiger partial charge is 0.200 e. The van der Waals surface area contributed by atoms with Gasteiger partial charge in [0, 0.05) is 5.56 Å². The zero-order valence-corrected chi connectivity index (χ0v) is 29.9. The average Bonchev–Trinajstić information content (AvgIpc) is 3.18. The SMILES string of the molecule is CCOc1ccc(C[S+](C)(C)=O)cc1.Fc1c(F)c(F)c([B-](c2c(F)c(F)c(F)c(F)c2F)(c2c(F)c(F)c(F)c(F)c2F)c2c(F)c(F)c(F)c(F)c2F)c(F)c1F. The van der Waals surface area contributed by atoms with Crippen molar-refractivity contribution in [1.82, 2.24) is 0 Å². The van der Waals surface area contributed by atoms with Crippen LogP contribution in [-0.4, -0.2) is 25.3 Å². The maximum absolute atomic E-state index is 15.4. The summed E-state index contributed by atoms with van der Waals surface area (Å²) < 4.78 is 311.